The van der Waals surface area contributed by atoms with E-state index in [2.05, 4.69) is 9.57 Å². The number of carboxylic acid groups (broad SMARTS) is 2. The molecule has 0 saturated heterocycles. The van der Waals surface area contributed by atoms with Crippen LogP contribution in [-0.2, 0) is 27.3 Å². The Morgan fingerprint density at radius 1 is 0.824 bits per heavy atom. The Bertz CT molecular complexity index is 907. The lowest BCUT2D eigenvalue weighted by molar-refractivity contribution is -0.353. The van der Waals surface area contributed by atoms with E-state index in [-0.39, 0.29) is 18.6 Å². The molecule has 2 aromatic rings. The number of nitrogens with one attached hydrogen (secondary N) is 1. The summed E-state index contributed by atoms with van der Waals surface area (Å²) in [4.78, 5) is 24.5. The van der Waals surface area contributed by atoms with E-state index in [1.807, 2.05) is 0 Å². The Balaban J connectivity index is 0.000000340. The molecule has 0 aliphatic heterocycles. The van der Waals surface area contributed by atoms with E-state index in [1.54, 1.807) is 30.3 Å². The summed E-state index contributed by atoms with van der Waals surface area (Å²) >= 11 is 0. The van der Waals surface area contributed by atoms with E-state index in [1.165, 1.54) is 17.6 Å². The number of ether oxygens (including phenoxy) is 1. The summed E-state index contributed by atoms with van der Waals surface area (Å²) in [6.07, 6.45) is -9.71. The summed E-state index contributed by atoms with van der Waals surface area (Å²) in [7, 11) is 0. The van der Waals surface area contributed by atoms with Gasteiger partial charge in [0.1, 0.15) is 17.8 Å². The van der Waals surface area contributed by atoms with Gasteiger partial charge in [-0.3, -0.25) is 9.59 Å². The van der Waals surface area contributed by atoms with E-state index in [9.17, 15) is 35.9 Å². The number of benzene rings is 2. The fraction of sp³-hybridized carbons (Fsp3) is 0.300. The van der Waals surface area contributed by atoms with Crippen LogP contribution in [0.2, 0.25) is 0 Å². The van der Waals surface area contributed by atoms with Crippen LogP contribution in [0.1, 0.15) is 11.1 Å². The van der Waals surface area contributed by atoms with Gasteiger partial charge in [0.05, 0.1) is 0 Å². The smallest absolute Gasteiger partial charge is 0.480 e. The highest BCUT2D eigenvalue weighted by Gasteiger charge is 2.33. The van der Waals surface area contributed by atoms with Crippen molar-refractivity contribution in [2.75, 3.05) is 0 Å². The number of aliphatic carboxylic acids is 2. The van der Waals surface area contributed by atoms with Crippen LogP contribution in [0.4, 0.5) is 26.3 Å². The Kier molecular flexibility index (Phi) is 10.8. The predicted octanol–water partition coefficient (Wildman–Crippen LogP) is 3.26. The molecule has 188 valence electrons. The van der Waals surface area contributed by atoms with Crippen LogP contribution >= 0.6 is 0 Å². The van der Waals surface area contributed by atoms with Gasteiger partial charge in [0, 0.05) is 6.42 Å². The number of rotatable bonds is 9. The second kappa shape index (κ2) is 12.8. The van der Waals surface area contributed by atoms with Gasteiger partial charge >= 0.3 is 24.7 Å². The quantitative estimate of drug-likeness (QED) is 0.306. The maximum absolute atomic E-state index is 11.8. The zero-order valence-electron chi connectivity index (χ0n) is 17.1. The van der Waals surface area contributed by atoms with Crippen molar-refractivity contribution >= 4 is 11.9 Å². The summed E-state index contributed by atoms with van der Waals surface area (Å²) in [6.45, 7) is 0. The number of halogens is 6. The molecule has 8 nitrogen and oxygen atoms in total. The van der Waals surface area contributed by atoms with E-state index >= 15 is 0 Å². The molecule has 2 unspecified atom stereocenters. The Hall–Kier alpha value is -3.36. The lowest BCUT2D eigenvalue weighted by Crippen LogP contribution is -2.41. The standard InChI is InChI=1S/2C10H10F3NO3/c11-10(12,13)17-7-3-1-6(2-4-7)5-8(14)9(15)16;11-10(12,13)17-14-8(9(15)16)6-7-4-2-1-3-5-7/h1-4,8H,5,14H2,(H,15,16);1-5,8,14H,6H2,(H,15,16). The monoisotopic (exact) mass is 498 g/mol. The third-order valence-corrected chi connectivity index (χ3v) is 3.83. The van der Waals surface area contributed by atoms with Crippen molar-refractivity contribution in [2.45, 2.75) is 37.7 Å². The fourth-order valence-electron chi connectivity index (χ4n) is 2.34. The first-order chi connectivity index (χ1) is 15.7. The van der Waals surface area contributed by atoms with Gasteiger partial charge in [-0.1, -0.05) is 42.5 Å². The molecule has 0 aliphatic carbocycles. The summed E-state index contributed by atoms with van der Waals surface area (Å²) in [6, 6.07) is 10.6. The maximum Gasteiger partial charge on any atom is 0.573 e. The largest absolute Gasteiger partial charge is 0.573 e. The minimum absolute atomic E-state index is 0.0433. The minimum Gasteiger partial charge on any atom is -0.480 e. The van der Waals surface area contributed by atoms with Crippen molar-refractivity contribution in [3.05, 3.63) is 65.7 Å². The summed E-state index contributed by atoms with van der Waals surface area (Å²) in [5, 5.41) is 17.3. The second-order valence-electron chi connectivity index (χ2n) is 6.59. The van der Waals surface area contributed by atoms with Gasteiger partial charge in [-0.2, -0.15) is 5.48 Å². The molecule has 0 saturated carbocycles. The molecular weight excluding hydrogens is 478 g/mol. The molecule has 0 fully saturated rings. The SMILES string of the molecule is NC(Cc1ccc(OC(F)(F)F)cc1)C(=O)O.O=C(O)C(Cc1ccccc1)NOC(F)(F)F. The highest BCUT2D eigenvalue weighted by molar-refractivity contribution is 5.74. The van der Waals surface area contributed by atoms with Crippen LogP contribution in [0.5, 0.6) is 5.75 Å². The van der Waals surface area contributed by atoms with Crippen molar-refractivity contribution in [2.24, 2.45) is 5.73 Å². The summed E-state index contributed by atoms with van der Waals surface area (Å²) in [5.41, 5.74) is 7.88. The highest BCUT2D eigenvalue weighted by atomic mass is 19.4. The van der Waals surface area contributed by atoms with E-state index in [4.69, 9.17) is 15.9 Å². The maximum atomic E-state index is 11.8. The van der Waals surface area contributed by atoms with E-state index in [0.29, 0.717) is 11.1 Å². The average Bonchev–Trinajstić information content (AvgIpc) is 2.71. The van der Waals surface area contributed by atoms with Gasteiger partial charge in [-0.05, 0) is 29.7 Å². The van der Waals surface area contributed by atoms with Crippen LogP contribution in [0.3, 0.4) is 0 Å². The number of nitrogens with two attached hydrogens (primary N) is 1. The number of carbonyl (C=O) groups is 2. The molecule has 0 bridgehead atoms. The topological polar surface area (TPSA) is 131 Å². The van der Waals surface area contributed by atoms with Gasteiger partial charge < -0.3 is 20.7 Å². The minimum atomic E-state index is -4.91. The van der Waals surface area contributed by atoms with Gasteiger partial charge in [-0.15, -0.1) is 26.3 Å². The number of hydrogen-bond donors (Lipinski definition) is 4. The number of hydroxylamine groups is 1. The van der Waals surface area contributed by atoms with Crippen molar-refractivity contribution in [1.82, 2.24) is 5.48 Å². The van der Waals surface area contributed by atoms with E-state index in [0.717, 1.165) is 12.1 Å². The number of carboxylic acids is 2. The summed E-state index contributed by atoms with van der Waals surface area (Å²) in [5.74, 6) is -2.94. The molecule has 0 radical (unpaired) electrons. The van der Waals surface area contributed by atoms with Crippen LogP contribution in [-0.4, -0.2) is 47.0 Å². The summed E-state index contributed by atoms with van der Waals surface area (Å²) < 4.78 is 74.4. The molecule has 0 spiro atoms. The highest BCUT2D eigenvalue weighted by Crippen LogP contribution is 2.23. The Labute approximate surface area is 188 Å². The molecule has 14 heteroatoms. The van der Waals surface area contributed by atoms with E-state index < -0.39 is 36.7 Å². The van der Waals surface area contributed by atoms with Crippen molar-refractivity contribution < 1.29 is 55.7 Å². The second-order valence-corrected chi connectivity index (χ2v) is 6.59. The van der Waals surface area contributed by atoms with Gasteiger partial charge in [-0.25, -0.2) is 4.84 Å². The lowest BCUT2D eigenvalue weighted by atomic mass is 10.1. The third-order valence-electron chi connectivity index (χ3n) is 3.83. The lowest BCUT2D eigenvalue weighted by Gasteiger charge is -2.15. The molecule has 0 amide bonds. The predicted molar refractivity (Wildman–Crippen MR) is 104 cm³/mol. The molecule has 0 aliphatic rings. The number of alkyl halides is 6. The van der Waals surface area contributed by atoms with Crippen LogP contribution in [0, 0.1) is 0 Å². The van der Waals surface area contributed by atoms with Crippen molar-refractivity contribution in [3.63, 3.8) is 0 Å². The molecule has 2 aromatic carbocycles. The molecule has 5 N–H and O–H groups in total. The normalized spacial score (nSPS) is 13.3. The average molecular weight is 498 g/mol. The van der Waals surface area contributed by atoms with Crippen molar-refractivity contribution in [1.29, 1.82) is 0 Å². The number of hydrogen-bond acceptors (Lipinski definition) is 6. The van der Waals surface area contributed by atoms with Crippen LogP contribution in [0.15, 0.2) is 54.6 Å². The molecule has 0 heterocycles. The first-order valence-electron chi connectivity index (χ1n) is 9.26. The first-order valence-corrected chi connectivity index (χ1v) is 9.26. The van der Waals surface area contributed by atoms with Crippen molar-refractivity contribution in [3.8, 4) is 5.75 Å². The molecule has 2 rings (SSSR count). The fourth-order valence-corrected chi connectivity index (χ4v) is 2.34. The zero-order chi connectivity index (χ0) is 25.9. The molecule has 2 atom stereocenters. The first kappa shape index (κ1) is 28.7. The van der Waals surface area contributed by atoms with Gasteiger partial charge in [0.25, 0.3) is 0 Å². The molecular formula is C20H20F6N2O6. The Morgan fingerprint density at radius 2 is 1.35 bits per heavy atom. The Morgan fingerprint density at radius 3 is 1.79 bits per heavy atom. The molecule has 34 heavy (non-hydrogen) atoms. The van der Waals surface area contributed by atoms with Crippen LogP contribution < -0.4 is 16.0 Å². The molecule has 0 aromatic heterocycles. The van der Waals surface area contributed by atoms with Gasteiger partial charge in [0.2, 0.25) is 0 Å². The third kappa shape index (κ3) is 12.6. The van der Waals surface area contributed by atoms with Crippen LogP contribution in [0.25, 0.3) is 0 Å². The van der Waals surface area contributed by atoms with Gasteiger partial charge in [0.15, 0.2) is 0 Å². The zero-order valence-corrected chi connectivity index (χ0v) is 17.1.